The van der Waals surface area contributed by atoms with E-state index >= 15 is 0 Å². The second-order valence-electron chi connectivity index (χ2n) is 7.72. The van der Waals surface area contributed by atoms with E-state index in [4.69, 9.17) is 4.74 Å². The van der Waals surface area contributed by atoms with E-state index in [1.807, 2.05) is 68.3 Å². The molecule has 0 spiro atoms. The lowest BCUT2D eigenvalue weighted by Gasteiger charge is -2.38. The average Bonchev–Trinajstić information content (AvgIpc) is 2.86. The van der Waals surface area contributed by atoms with Gasteiger partial charge in [-0.05, 0) is 43.7 Å². The van der Waals surface area contributed by atoms with Gasteiger partial charge in [-0.3, -0.25) is 9.79 Å². The number of benzene rings is 2. The first-order valence-corrected chi connectivity index (χ1v) is 11.3. The van der Waals surface area contributed by atoms with Crippen molar-refractivity contribution in [3.8, 4) is 5.75 Å². The number of aliphatic imine (C=N–C) groups is 1. The fourth-order valence-corrected chi connectivity index (χ4v) is 4.02. The van der Waals surface area contributed by atoms with Crippen molar-refractivity contribution in [1.82, 2.24) is 15.1 Å². The predicted octanol–water partition coefficient (Wildman–Crippen LogP) is 3.69. The molecule has 1 heterocycles. The summed E-state index contributed by atoms with van der Waals surface area (Å²) in [6, 6.07) is 16.0. The van der Waals surface area contributed by atoms with Gasteiger partial charge in [-0.25, -0.2) is 0 Å². The van der Waals surface area contributed by atoms with Gasteiger partial charge in [0.25, 0.3) is 5.91 Å². The highest BCUT2D eigenvalue weighted by Crippen LogP contribution is 2.28. The van der Waals surface area contributed by atoms with Crippen LogP contribution in [0.25, 0.3) is 0 Å². The molecule has 7 nitrogen and oxygen atoms in total. The Morgan fingerprint density at radius 1 is 1.03 bits per heavy atom. The third-order valence-corrected chi connectivity index (χ3v) is 5.92. The van der Waals surface area contributed by atoms with Crippen molar-refractivity contribution >= 4 is 41.5 Å². The molecule has 2 aromatic carbocycles. The maximum absolute atomic E-state index is 12.5. The molecule has 0 bridgehead atoms. The van der Waals surface area contributed by atoms with E-state index in [0.717, 1.165) is 67.8 Å². The number of nitrogens with zero attached hydrogens (tertiary/aromatic N) is 4. The highest BCUT2D eigenvalue weighted by atomic mass is 127. The fourth-order valence-electron chi connectivity index (χ4n) is 4.02. The molecule has 1 aliphatic rings. The number of rotatable bonds is 7. The van der Waals surface area contributed by atoms with Gasteiger partial charge in [-0.2, -0.15) is 0 Å². The van der Waals surface area contributed by atoms with Gasteiger partial charge in [0.05, 0.1) is 12.8 Å². The number of guanidine groups is 1. The van der Waals surface area contributed by atoms with Gasteiger partial charge in [0.15, 0.2) is 5.96 Å². The zero-order chi connectivity index (χ0) is 22.9. The summed E-state index contributed by atoms with van der Waals surface area (Å²) in [7, 11) is 3.54. The third-order valence-electron chi connectivity index (χ3n) is 5.92. The zero-order valence-electron chi connectivity index (χ0n) is 20.1. The number of hydrogen-bond acceptors (Lipinski definition) is 4. The van der Waals surface area contributed by atoms with Gasteiger partial charge in [0.1, 0.15) is 5.75 Å². The van der Waals surface area contributed by atoms with Gasteiger partial charge in [0, 0.05) is 58.4 Å². The molecule has 8 heteroatoms. The molecule has 0 saturated carbocycles. The SMILES string of the molecule is CCN(CC)C(=O)c1ccc(CNC(=NC)N2CCN(c3ccccc3OC)CC2)cc1.I. The Morgan fingerprint density at radius 3 is 2.24 bits per heavy atom. The first-order valence-electron chi connectivity index (χ1n) is 11.3. The molecule has 3 rings (SSSR count). The second kappa shape index (κ2) is 13.3. The largest absolute Gasteiger partial charge is 0.495 e. The normalized spacial score (nSPS) is 13.9. The molecule has 0 atom stereocenters. The van der Waals surface area contributed by atoms with Crippen LogP contribution in [-0.2, 0) is 6.54 Å². The Kier molecular flexibility index (Phi) is 10.8. The zero-order valence-corrected chi connectivity index (χ0v) is 22.4. The number of hydrogen-bond donors (Lipinski definition) is 1. The number of carbonyl (C=O) groups is 1. The number of amides is 1. The molecule has 0 unspecified atom stereocenters. The molecule has 0 aromatic heterocycles. The average molecular weight is 566 g/mol. The fraction of sp³-hybridized carbons (Fsp3) is 0.440. The lowest BCUT2D eigenvalue weighted by molar-refractivity contribution is 0.0773. The number of anilines is 1. The lowest BCUT2D eigenvalue weighted by Crippen LogP contribution is -2.52. The molecular formula is C25H36IN5O2. The summed E-state index contributed by atoms with van der Waals surface area (Å²) in [4.78, 5) is 23.4. The van der Waals surface area contributed by atoms with Gasteiger partial charge in [-0.1, -0.05) is 24.3 Å². The number of methoxy groups -OCH3 is 1. The van der Waals surface area contributed by atoms with Crippen molar-refractivity contribution in [2.75, 3.05) is 58.3 Å². The molecule has 2 aromatic rings. The summed E-state index contributed by atoms with van der Waals surface area (Å²) in [6.07, 6.45) is 0. The van der Waals surface area contributed by atoms with Crippen molar-refractivity contribution in [3.63, 3.8) is 0 Å². The summed E-state index contributed by atoms with van der Waals surface area (Å²) in [6.45, 7) is 9.69. The van der Waals surface area contributed by atoms with Crippen molar-refractivity contribution < 1.29 is 9.53 Å². The van der Waals surface area contributed by atoms with E-state index in [9.17, 15) is 4.79 Å². The number of para-hydroxylation sites is 2. The summed E-state index contributed by atoms with van der Waals surface area (Å²) in [5.41, 5.74) is 2.99. The topological polar surface area (TPSA) is 60.4 Å². The van der Waals surface area contributed by atoms with E-state index in [2.05, 4.69) is 26.2 Å². The number of piperazine rings is 1. The maximum Gasteiger partial charge on any atom is 0.253 e. The first-order chi connectivity index (χ1) is 15.6. The third kappa shape index (κ3) is 6.75. The smallest absolute Gasteiger partial charge is 0.253 e. The highest BCUT2D eigenvalue weighted by Gasteiger charge is 2.21. The molecule has 33 heavy (non-hydrogen) atoms. The maximum atomic E-state index is 12.5. The summed E-state index contributed by atoms with van der Waals surface area (Å²) in [5, 5.41) is 3.46. The van der Waals surface area contributed by atoms with Crippen LogP contribution in [0.3, 0.4) is 0 Å². The van der Waals surface area contributed by atoms with Crippen LogP contribution in [0.2, 0.25) is 0 Å². The number of carbonyl (C=O) groups excluding carboxylic acids is 1. The van der Waals surface area contributed by atoms with E-state index in [1.165, 1.54) is 0 Å². The number of nitrogens with one attached hydrogen (secondary N) is 1. The van der Waals surface area contributed by atoms with Crippen molar-refractivity contribution in [2.45, 2.75) is 20.4 Å². The monoisotopic (exact) mass is 565 g/mol. The van der Waals surface area contributed by atoms with Crippen molar-refractivity contribution in [2.24, 2.45) is 4.99 Å². The number of ether oxygens (including phenoxy) is 1. The molecule has 1 amide bonds. The van der Waals surface area contributed by atoms with Crippen molar-refractivity contribution in [3.05, 3.63) is 59.7 Å². The molecule has 1 N–H and O–H groups in total. The van der Waals surface area contributed by atoms with Crippen LogP contribution in [0, 0.1) is 0 Å². The lowest BCUT2D eigenvalue weighted by atomic mass is 10.1. The predicted molar refractivity (Wildman–Crippen MR) is 146 cm³/mol. The van der Waals surface area contributed by atoms with Gasteiger partial charge in [0.2, 0.25) is 0 Å². The van der Waals surface area contributed by atoms with Gasteiger partial charge < -0.3 is 24.8 Å². The van der Waals surface area contributed by atoms with Crippen LogP contribution in [0.4, 0.5) is 5.69 Å². The Hall–Kier alpha value is -2.49. The van der Waals surface area contributed by atoms with Crippen LogP contribution in [0.1, 0.15) is 29.8 Å². The van der Waals surface area contributed by atoms with Crippen LogP contribution in [0.15, 0.2) is 53.5 Å². The molecule has 1 aliphatic heterocycles. The van der Waals surface area contributed by atoms with E-state index in [-0.39, 0.29) is 29.9 Å². The molecular weight excluding hydrogens is 529 g/mol. The molecule has 180 valence electrons. The minimum Gasteiger partial charge on any atom is -0.495 e. The minimum atomic E-state index is 0. The van der Waals surface area contributed by atoms with E-state index < -0.39 is 0 Å². The van der Waals surface area contributed by atoms with Gasteiger partial charge in [-0.15, -0.1) is 24.0 Å². The molecule has 1 saturated heterocycles. The van der Waals surface area contributed by atoms with Crippen LogP contribution >= 0.6 is 24.0 Å². The standard InChI is InChI=1S/C25H35N5O2.HI/c1-5-28(6-2)24(31)21-13-11-20(12-14-21)19-27-25(26-3)30-17-15-29(16-18-30)22-9-7-8-10-23(22)32-4;/h7-14H,5-6,15-19H2,1-4H3,(H,26,27);1H. The number of halogens is 1. The minimum absolute atomic E-state index is 0. The Bertz CT molecular complexity index is 907. The van der Waals surface area contributed by atoms with Crippen molar-refractivity contribution in [1.29, 1.82) is 0 Å². The highest BCUT2D eigenvalue weighted by molar-refractivity contribution is 14.0. The van der Waals surface area contributed by atoms with Crippen LogP contribution < -0.4 is 15.0 Å². The summed E-state index contributed by atoms with van der Waals surface area (Å²) >= 11 is 0. The summed E-state index contributed by atoms with van der Waals surface area (Å²) in [5.74, 6) is 1.89. The Labute approximate surface area is 214 Å². The van der Waals surface area contributed by atoms with E-state index in [0.29, 0.717) is 6.54 Å². The molecule has 1 fully saturated rings. The summed E-state index contributed by atoms with van der Waals surface area (Å²) < 4.78 is 5.52. The van der Waals surface area contributed by atoms with Crippen LogP contribution in [-0.4, -0.2) is 75.1 Å². The second-order valence-corrected chi connectivity index (χ2v) is 7.72. The molecule has 0 aliphatic carbocycles. The van der Waals surface area contributed by atoms with E-state index in [1.54, 1.807) is 7.11 Å². The van der Waals surface area contributed by atoms with Crippen LogP contribution in [0.5, 0.6) is 5.75 Å². The first kappa shape index (κ1) is 26.8. The Balaban J connectivity index is 0.00000385. The quantitative estimate of drug-likeness (QED) is 0.316. The van der Waals surface area contributed by atoms with Gasteiger partial charge >= 0.3 is 0 Å². The molecule has 0 radical (unpaired) electrons. The Morgan fingerprint density at radius 2 is 1.67 bits per heavy atom.